The normalized spacial score (nSPS) is 18.0. The average molecular weight is 254 g/mol. The van der Waals surface area contributed by atoms with E-state index in [0.717, 1.165) is 11.4 Å². The zero-order valence-corrected chi connectivity index (χ0v) is 11.8. The van der Waals surface area contributed by atoms with Crippen LogP contribution in [0.2, 0.25) is 0 Å². The van der Waals surface area contributed by atoms with Gasteiger partial charge in [0.05, 0.1) is 17.3 Å². The molecule has 1 heterocycles. The van der Waals surface area contributed by atoms with Crippen LogP contribution < -0.4 is 5.32 Å². The molecule has 19 heavy (non-hydrogen) atoms. The number of hydrogen-bond donors (Lipinski definition) is 1. The van der Waals surface area contributed by atoms with E-state index in [9.17, 15) is 0 Å². The topological polar surface area (TPSA) is 24.9 Å². The summed E-state index contributed by atoms with van der Waals surface area (Å²) in [6.45, 7) is 2.19. The summed E-state index contributed by atoms with van der Waals surface area (Å²) in [5.41, 5.74) is 3.67. The number of para-hydroxylation sites is 1. The fraction of sp³-hybridized carbons (Fsp3) is 0.471. The minimum atomic E-state index is 0.408. The number of pyridine rings is 1. The summed E-state index contributed by atoms with van der Waals surface area (Å²) >= 11 is 0. The molecule has 0 radical (unpaired) electrons. The summed E-state index contributed by atoms with van der Waals surface area (Å²) in [4.78, 5) is 4.89. The van der Waals surface area contributed by atoms with Crippen LogP contribution in [0.15, 0.2) is 30.3 Å². The van der Waals surface area contributed by atoms with E-state index in [4.69, 9.17) is 4.98 Å². The second-order valence-electron chi connectivity index (χ2n) is 5.69. The zero-order valence-electron chi connectivity index (χ0n) is 11.8. The molecule has 0 spiro atoms. The standard InChI is InChI=1S/C17H22N2/c1-12-11-16(17(18-2)13-7-3-4-8-13)19-15-10-6-5-9-14(12)15/h5-6,9-11,13,17-18H,3-4,7-8H2,1-2H3. The maximum absolute atomic E-state index is 4.89. The van der Waals surface area contributed by atoms with E-state index in [1.807, 2.05) is 0 Å². The number of nitrogens with zero attached hydrogens (tertiary/aromatic N) is 1. The summed E-state index contributed by atoms with van der Waals surface area (Å²) in [5.74, 6) is 0.748. The molecule has 0 amide bonds. The molecule has 2 aromatic rings. The van der Waals surface area contributed by atoms with Crippen LogP contribution in [-0.2, 0) is 0 Å². The van der Waals surface area contributed by atoms with Gasteiger partial charge >= 0.3 is 0 Å². The van der Waals surface area contributed by atoms with E-state index in [1.54, 1.807) is 0 Å². The van der Waals surface area contributed by atoms with E-state index in [-0.39, 0.29) is 0 Å². The van der Waals surface area contributed by atoms with E-state index >= 15 is 0 Å². The van der Waals surface area contributed by atoms with Gasteiger partial charge in [0.2, 0.25) is 0 Å². The molecule has 2 nitrogen and oxygen atoms in total. The Balaban J connectivity index is 2.03. The molecule has 1 N–H and O–H groups in total. The van der Waals surface area contributed by atoms with Gasteiger partial charge in [-0.15, -0.1) is 0 Å². The highest BCUT2D eigenvalue weighted by Crippen LogP contribution is 2.35. The van der Waals surface area contributed by atoms with Crippen LogP contribution in [0.25, 0.3) is 10.9 Å². The Morgan fingerprint density at radius 2 is 1.95 bits per heavy atom. The quantitative estimate of drug-likeness (QED) is 0.895. The lowest BCUT2D eigenvalue weighted by molar-refractivity contribution is 0.383. The van der Waals surface area contributed by atoms with Crippen LogP contribution in [0.4, 0.5) is 0 Å². The number of benzene rings is 1. The lowest BCUT2D eigenvalue weighted by Crippen LogP contribution is -2.24. The largest absolute Gasteiger partial charge is 0.311 e. The molecular weight excluding hydrogens is 232 g/mol. The van der Waals surface area contributed by atoms with Gasteiger partial charge in [0.25, 0.3) is 0 Å². The van der Waals surface area contributed by atoms with Crippen molar-refractivity contribution in [2.45, 2.75) is 38.6 Å². The van der Waals surface area contributed by atoms with Crippen LogP contribution in [0.1, 0.15) is 43.0 Å². The molecule has 1 fully saturated rings. The minimum Gasteiger partial charge on any atom is -0.311 e. The zero-order chi connectivity index (χ0) is 13.2. The second-order valence-corrected chi connectivity index (χ2v) is 5.69. The van der Waals surface area contributed by atoms with Crippen molar-refractivity contribution in [3.05, 3.63) is 41.6 Å². The van der Waals surface area contributed by atoms with Gasteiger partial charge in [-0.05, 0) is 50.4 Å². The third-order valence-corrected chi connectivity index (χ3v) is 4.44. The van der Waals surface area contributed by atoms with Gasteiger partial charge in [0.15, 0.2) is 0 Å². The molecule has 0 aliphatic heterocycles. The van der Waals surface area contributed by atoms with Gasteiger partial charge in [0.1, 0.15) is 0 Å². The molecule has 2 heteroatoms. The predicted molar refractivity (Wildman–Crippen MR) is 80.2 cm³/mol. The monoisotopic (exact) mass is 254 g/mol. The third-order valence-electron chi connectivity index (χ3n) is 4.44. The van der Waals surface area contributed by atoms with Crippen LogP contribution in [0.3, 0.4) is 0 Å². The van der Waals surface area contributed by atoms with Gasteiger partial charge in [-0.3, -0.25) is 4.98 Å². The molecule has 3 rings (SSSR count). The van der Waals surface area contributed by atoms with Gasteiger partial charge in [-0.2, -0.15) is 0 Å². The number of nitrogens with one attached hydrogen (secondary N) is 1. The fourth-order valence-electron chi connectivity index (χ4n) is 3.45. The lowest BCUT2D eigenvalue weighted by Gasteiger charge is -2.23. The Morgan fingerprint density at radius 1 is 1.21 bits per heavy atom. The van der Waals surface area contributed by atoms with Crippen molar-refractivity contribution in [1.29, 1.82) is 0 Å². The first kappa shape index (κ1) is 12.6. The highest BCUT2D eigenvalue weighted by Gasteiger charge is 2.26. The summed E-state index contributed by atoms with van der Waals surface area (Å²) in [6.07, 6.45) is 5.41. The molecule has 1 aromatic heterocycles. The molecule has 1 saturated carbocycles. The maximum Gasteiger partial charge on any atom is 0.0708 e. The molecule has 0 bridgehead atoms. The average Bonchev–Trinajstić information content (AvgIpc) is 2.94. The molecule has 100 valence electrons. The summed E-state index contributed by atoms with van der Waals surface area (Å²) in [7, 11) is 2.06. The third kappa shape index (κ3) is 2.37. The Labute approximate surface area is 115 Å². The first-order valence-corrected chi connectivity index (χ1v) is 7.33. The van der Waals surface area contributed by atoms with E-state index in [2.05, 4.69) is 49.6 Å². The molecule has 1 aliphatic rings. The number of aryl methyl sites for hydroxylation is 1. The molecular formula is C17H22N2. The minimum absolute atomic E-state index is 0.408. The van der Waals surface area contributed by atoms with Crippen LogP contribution >= 0.6 is 0 Å². The van der Waals surface area contributed by atoms with E-state index in [0.29, 0.717) is 6.04 Å². The SMILES string of the molecule is CNC(c1cc(C)c2ccccc2n1)C1CCCC1. The van der Waals surface area contributed by atoms with Crippen molar-refractivity contribution in [1.82, 2.24) is 10.3 Å². The Kier molecular flexibility index (Phi) is 3.52. The number of aromatic nitrogens is 1. The second kappa shape index (κ2) is 5.30. The van der Waals surface area contributed by atoms with E-state index < -0.39 is 0 Å². The highest BCUT2D eigenvalue weighted by atomic mass is 14.9. The smallest absolute Gasteiger partial charge is 0.0708 e. The summed E-state index contributed by atoms with van der Waals surface area (Å²) < 4.78 is 0. The van der Waals surface area contributed by atoms with Gasteiger partial charge < -0.3 is 5.32 Å². The van der Waals surface area contributed by atoms with Gasteiger partial charge in [-0.1, -0.05) is 31.0 Å². The summed E-state index contributed by atoms with van der Waals surface area (Å²) in [5, 5.41) is 4.76. The van der Waals surface area contributed by atoms with Crippen LogP contribution in [0, 0.1) is 12.8 Å². The van der Waals surface area contributed by atoms with Gasteiger partial charge in [0, 0.05) is 5.39 Å². The molecule has 0 saturated heterocycles. The Morgan fingerprint density at radius 3 is 2.68 bits per heavy atom. The van der Waals surface area contributed by atoms with Crippen molar-refractivity contribution < 1.29 is 0 Å². The van der Waals surface area contributed by atoms with E-state index in [1.165, 1.54) is 42.3 Å². The Hall–Kier alpha value is -1.41. The maximum atomic E-state index is 4.89. The van der Waals surface area contributed by atoms with Crippen molar-refractivity contribution in [3.63, 3.8) is 0 Å². The summed E-state index contributed by atoms with van der Waals surface area (Å²) in [6, 6.07) is 11.1. The molecule has 1 unspecified atom stereocenters. The molecule has 1 aliphatic carbocycles. The van der Waals surface area contributed by atoms with Crippen LogP contribution in [0.5, 0.6) is 0 Å². The first-order valence-electron chi connectivity index (χ1n) is 7.33. The van der Waals surface area contributed by atoms with Crippen molar-refractivity contribution in [3.8, 4) is 0 Å². The predicted octanol–water partition coefficient (Wildman–Crippen LogP) is 3.99. The highest BCUT2D eigenvalue weighted by molar-refractivity contribution is 5.82. The van der Waals surface area contributed by atoms with Crippen molar-refractivity contribution in [2.24, 2.45) is 5.92 Å². The van der Waals surface area contributed by atoms with Crippen LogP contribution in [-0.4, -0.2) is 12.0 Å². The molecule has 1 atom stereocenters. The first-order chi connectivity index (χ1) is 9.29. The number of hydrogen-bond acceptors (Lipinski definition) is 2. The fourth-order valence-corrected chi connectivity index (χ4v) is 3.45. The van der Waals surface area contributed by atoms with Crippen molar-refractivity contribution >= 4 is 10.9 Å². The number of rotatable bonds is 3. The number of fused-ring (bicyclic) bond motifs is 1. The van der Waals surface area contributed by atoms with Crippen molar-refractivity contribution in [2.75, 3.05) is 7.05 Å². The molecule has 1 aromatic carbocycles. The van der Waals surface area contributed by atoms with Gasteiger partial charge in [-0.25, -0.2) is 0 Å². The Bertz CT molecular complexity index is 570. The lowest BCUT2D eigenvalue weighted by atomic mass is 9.93.